The second-order valence-electron chi connectivity index (χ2n) is 6.77. The average molecular weight is 288 g/mol. The van der Waals surface area contributed by atoms with E-state index in [9.17, 15) is 5.11 Å². The van der Waals surface area contributed by atoms with Crippen molar-refractivity contribution in [2.24, 2.45) is 11.8 Å². The van der Waals surface area contributed by atoms with E-state index >= 15 is 0 Å². The Bertz CT molecular complexity index is 586. The third-order valence-corrected chi connectivity index (χ3v) is 5.58. The van der Waals surface area contributed by atoms with Gasteiger partial charge in [0.2, 0.25) is 0 Å². The van der Waals surface area contributed by atoms with Gasteiger partial charge in [0.25, 0.3) is 0 Å². The SMILES string of the molecule is CC(C)CC1CCCC(O)(c2cccc3ccsc23)C1. The van der Waals surface area contributed by atoms with Gasteiger partial charge in [-0.05, 0) is 54.4 Å². The summed E-state index contributed by atoms with van der Waals surface area (Å²) < 4.78 is 1.28. The molecule has 0 radical (unpaired) electrons. The Morgan fingerprint density at radius 1 is 1.35 bits per heavy atom. The van der Waals surface area contributed by atoms with Crippen molar-refractivity contribution in [3.05, 3.63) is 35.2 Å². The molecule has 20 heavy (non-hydrogen) atoms. The number of rotatable bonds is 3. The minimum absolute atomic E-state index is 0.609. The maximum absolute atomic E-state index is 11.2. The predicted molar refractivity (Wildman–Crippen MR) is 87.1 cm³/mol. The molecule has 1 aromatic carbocycles. The van der Waals surface area contributed by atoms with Crippen LogP contribution in [0.1, 0.15) is 51.5 Å². The summed E-state index contributed by atoms with van der Waals surface area (Å²) in [5.74, 6) is 1.39. The van der Waals surface area contributed by atoms with Gasteiger partial charge in [-0.3, -0.25) is 0 Å². The first-order valence-electron chi connectivity index (χ1n) is 7.77. The first-order chi connectivity index (χ1) is 9.58. The molecule has 0 spiro atoms. The Balaban J connectivity index is 1.93. The summed E-state index contributed by atoms with van der Waals surface area (Å²) in [5.41, 5.74) is 0.556. The fourth-order valence-corrected chi connectivity index (χ4v) is 4.84. The number of aliphatic hydroxyl groups is 1. The van der Waals surface area contributed by atoms with Crippen LogP contribution in [0.15, 0.2) is 29.6 Å². The molecule has 1 nitrogen and oxygen atoms in total. The normalized spacial score (nSPS) is 27.3. The van der Waals surface area contributed by atoms with Gasteiger partial charge in [-0.2, -0.15) is 0 Å². The summed E-state index contributed by atoms with van der Waals surface area (Å²) in [6.07, 6.45) is 5.51. The summed E-state index contributed by atoms with van der Waals surface area (Å²) in [6.45, 7) is 4.57. The average Bonchev–Trinajstić information content (AvgIpc) is 2.85. The zero-order chi connectivity index (χ0) is 14.2. The van der Waals surface area contributed by atoms with E-state index in [-0.39, 0.29) is 0 Å². The Kier molecular flexibility index (Phi) is 3.87. The van der Waals surface area contributed by atoms with E-state index < -0.39 is 5.60 Å². The van der Waals surface area contributed by atoms with Crippen molar-refractivity contribution in [2.45, 2.75) is 51.6 Å². The molecular weight excluding hydrogens is 264 g/mol. The van der Waals surface area contributed by atoms with Crippen molar-refractivity contribution in [1.29, 1.82) is 0 Å². The first kappa shape index (κ1) is 14.1. The van der Waals surface area contributed by atoms with Crippen LogP contribution in [0.25, 0.3) is 10.1 Å². The molecule has 1 aromatic heterocycles. The van der Waals surface area contributed by atoms with Gasteiger partial charge in [0.05, 0.1) is 5.60 Å². The highest BCUT2D eigenvalue weighted by molar-refractivity contribution is 7.17. The van der Waals surface area contributed by atoms with Gasteiger partial charge in [-0.1, -0.05) is 38.5 Å². The van der Waals surface area contributed by atoms with Gasteiger partial charge < -0.3 is 5.11 Å². The van der Waals surface area contributed by atoms with Gasteiger partial charge >= 0.3 is 0 Å². The molecule has 0 saturated heterocycles. The molecule has 2 unspecified atom stereocenters. The van der Waals surface area contributed by atoms with E-state index in [2.05, 4.69) is 43.5 Å². The van der Waals surface area contributed by atoms with Crippen LogP contribution in [-0.4, -0.2) is 5.11 Å². The lowest BCUT2D eigenvalue weighted by atomic mass is 9.72. The molecular formula is C18H24OS. The molecule has 1 N–H and O–H groups in total. The molecule has 1 fully saturated rings. The van der Waals surface area contributed by atoms with Crippen LogP contribution in [0.5, 0.6) is 0 Å². The third-order valence-electron chi connectivity index (χ3n) is 4.61. The largest absolute Gasteiger partial charge is 0.385 e. The number of benzene rings is 1. The topological polar surface area (TPSA) is 20.2 Å². The summed E-state index contributed by atoms with van der Waals surface area (Å²) in [4.78, 5) is 0. The smallest absolute Gasteiger partial charge is 0.0913 e. The molecule has 3 rings (SSSR count). The predicted octanol–water partition coefficient (Wildman–Crippen LogP) is 5.33. The molecule has 0 amide bonds. The van der Waals surface area contributed by atoms with Gasteiger partial charge in [0, 0.05) is 10.3 Å². The van der Waals surface area contributed by atoms with Crippen molar-refractivity contribution >= 4 is 21.4 Å². The maximum atomic E-state index is 11.2. The quantitative estimate of drug-likeness (QED) is 0.810. The highest BCUT2D eigenvalue weighted by atomic mass is 32.1. The van der Waals surface area contributed by atoms with Crippen molar-refractivity contribution in [3.8, 4) is 0 Å². The molecule has 0 bridgehead atoms. The van der Waals surface area contributed by atoms with E-state index in [1.165, 1.54) is 28.5 Å². The van der Waals surface area contributed by atoms with Crippen molar-refractivity contribution in [1.82, 2.24) is 0 Å². The molecule has 108 valence electrons. The van der Waals surface area contributed by atoms with E-state index in [1.807, 2.05) is 0 Å². The lowest BCUT2D eigenvalue weighted by Gasteiger charge is -2.38. The third kappa shape index (κ3) is 2.64. The lowest BCUT2D eigenvalue weighted by molar-refractivity contribution is -0.0230. The van der Waals surface area contributed by atoms with E-state index in [0.29, 0.717) is 5.92 Å². The molecule has 0 aliphatic heterocycles. The summed E-state index contributed by atoms with van der Waals surface area (Å²) in [5, 5.41) is 14.7. The van der Waals surface area contributed by atoms with Gasteiger partial charge in [0.1, 0.15) is 0 Å². The van der Waals surface area contributed by atoms with Gasteiger partial charge in [0.15, 0.2) is 0 Å². The summed E-state index contributed by atoms with van der Waals surface area (Å²) >= 11 is 1.76. The minimum atomic E-state index is -0.609. The monoisotopic (exact) mass is 288 g/mol. The van der Waals surface area contributed by atoms with Crippen molar-refractivity contribution in [2.75, 3.05) is 0 Å². The lowest BCUT2D eigenvalue weighted by Crippen LogP contribution is -2.33. The first-order valence-corrected chi connectivity index (χ1v) is 8.65. The van der Waals surface area contributed by atoms with Crippen molar-refractivity contribution in [3.63, 3.8) is 0 Å². The van der Waals surface area contributed by atoms with E-state index in [0.717, 1.165) is 25.2 Å². The summed E-state index contributed by atoms with van der Waals surface area (Å²) in [6, 6.07) is 8.53. The van der Waals surface area contributed by atoms with Crippen LogP contribution in [0, 0.1) is 11.8 Å². The second-order valence-corrected chi connectivity index (χ2v) is 7.68. The Hall–Kier alpha value is -0.860. The fourth-order valence-electron chi connectivity index (χ4n) is 3.84. The van der Waals surface area contributed by atoms with Gasteiger partial charge in [-0.25, -0.2) is 0 Å². The molecule has 2 atom stereocenters. The van der Waals surface area contributed by atoms with Crippen LogP contribution in [0.4, 0.5) is 0 Å². The number of fused-ring (bicyclic) bond motifs is 1. The van der Waals surface area contributed by atoms with Crippen LogP contribution >= 0.6 is 11.3 Å². The zero-order valence-electron chi connectivity index (χ0n) is 12.4. The number of hydrogen-bond acceptors (Lipinski definition) is 2. The van der Waals surface area contributed by atoms with Crippen LogP contribution < -0.4 is 0 Å². The van der Waals surface area contributed by atoms with Crippen LogP contribution in [-0.2, 0) is 5.60 Å². The number of thiophene rings is 1. The molecule has 1 heterocycles. The second kappa shape index (κ2) is 5.50. The molecule has 1 aliphatic rings. The van der Waals surface area contributed by atoms with Crippen molar-refractivity contribution < 1.29 is 5.11 Å². The molecule has 1 saturated carbocycles. The Morgan fingerprint density at radius 3 is 3.00 bits per heavy atom. The molecule has 2 heteroatoms. The standard InChI is InChI=1S/C18H24OS/c1-13(2)11-14-5-4-9-18(19,12-14)16-7-3-6-15-8-10-20-17(15)16/h3,6-8,10,13-14,19H,4-5,9,11-12H2,1-2H3. The molecule has 2 aromatic rings. The Labute approximate surface area is 125 Å². The highest BCUT2D eigenvalue weighted by Crippen LogP contribution is 2.45. The van der Waals surface area contributed by atoms with Crippen LogP contribution in [0.3, 0.4) is 0 Å². The highest BCUT2D eigenvalue weighted by Gasteiger charge is 2.37. The maximum Gasteiger partial charge on any atom is 0.0913 e. The summed E-state index contributed by atoms with van der Waals surface area (Å²) in [7, 11) is 0. The molecule has 1 aliphatic carbocycles. The van der Waals surface area contributed by atoms with Gasteiger partial charge in [-0.15, -0.1) is 11.3 Å². The van der Waals surface area contributed by atoms with E-state index in [1.54, 1.807) is 11.3 Å². The number of hydrogen-bond donors (Lipinski definition) is 1. The van der Waals surface area contributed by atoms with E-state index in [4.69, 9.17) is 0 Å². The van der Waals surface area contributed by atoms with Crippen LogP contribution in [0.2, 0.25) is 0 Å². The zero-order valence-corrected chi connectivity index (χ0v) is 13.2. The minimum Gasteiger partial charge on any atom is -0.385 e. The fraction of sp³-hybridized carbons (Fsp3) is 0.556. The Morgan fingerprint density at radius 2 is 2.20 bits per heavy atom.